The summed E-state index contributed by atoms with van der Waals surface area (Å²) in [7, 11) is 0. The molecular weight excluding hydrogens is 362 g/mol. The molecule has 1 N–H and O–H groups in total. The number of rotatable bonds is 7. The van der Waals surface area contributed by atoms with Gasteiger partial charge in [0.2, 0.25) is 0 Å². The van der Waals surface area contributed by atoms with Crippen LogP contribution in [0.15, 0.2) is 42.5 Å². The van der Waals surface area contributed by atoms with E-state index in [0.717, 1.165) is 24.2 Å². The Balaban J connectivity index is 2.06. The second kappa shape index (κ2) is 9.83. The van der Waals surface area contributed by atoms with Gasteiger partial charge in [-0.15, -0.1) is 11.8 Å². The van der Waals surface area contributed by atoms with Crippen molar-refractivity contribution < 1.29 is 19.4 Å². The lowest BCUT2D eigenvalue weighted by atomic mass is 10.1. The zero-order chi connectivity index (χ0) is 19.9. The molecule has 2 atom stereocenters. The highest BCUT2D eigenvalue weighted by Crippen LogP contribution is 2.42. The summed E-state index contributed by atoms with van der Waals surface area (Å²) in [6.45, 7) is 5.62. The highest BCUT2D eigenvalue weighted by molar-refractivity contribution is 7.99. The third-order valence-electron chi connectivity index (χ3n) is 4.09. The maximum atomic E-state index is 12.9. The number of nitrogens with zero attached hydrogens (tertiary/aromatic N) is 1. The zero-order valence-corrected chi connectivity index (χ0v) is 17.1. The van der Waals surface area contributed by atoms with Crippen molar-refractivity contribution in [1.82, 2.24) is 4.90 Å². The number of ether oxygens (including phenoxy) is 1. The van der Waals surface area contributed by atoms with Gasteiger partial charge in [-0.25, -0.2) is 4.79 Å². The molecule has 0 bridgehead atoms. The van der Waals surface area contributed by atoms with Crippen LogP contribution in [0.5, 0.6) is 0 Å². The smallest absolute Gasteiger partial charge is 0.411 e. The van der Waals surface area contributed by atoms with Crippen molar-refractivity contribution in [1.29, 1.82) is 0 Å². The summed E-state index contributed by atoms with van der Waals surface area (Å²) in [5.74, 6) is 0.0534. The summed E-state index contributed by atoms with van der Waals surface area (Å²) in [6.07, 6.45) is 6.32. The number of hydrogen-bond donors (Lipinski definition) is 1. The maximum absolute atomic E-state index is 12.9. The van der Waals surface area contributed by atoms with E-state index in [1.807, 2.05) is 56.0 Å². The van der Waals surface area contributed by atoms with Crippen molar-refractivity contribution in [3.8, 4) is 0 Å². The fraction of sp³-hybridized carbons (Fsp3) is 0.524. The van der Waals surface area contributed by atoms with Crippen molar-refractivity contribution in [2.45, 2.75) is 63.5 Å². The normalized spacial score (nSPS) is 20.2. The van der Waals surface area contributed by atoms with Crippen LogP contribution in [0.4, 0.5) is 4.79 Å². The molecule has 1 aliphatic heterocycles. The average Bonchev–Trinajstić information content (AvgIpc) is 3.01. The third kappa shape index (κ3) is 6.94. The van der Waals surface area contributed by atoms with E-state index in [1.165, 1.54) is 0 Å². The molecule has 148 valence electrons. The number of carboxylic acids is 1. The molecule has 6 heteroatoms. The molecule has 0 aliphatic carbocycles. The van der Waals surface area contributed by atoms with Crippen LogP contribution in [-0.2, 0) is 9.53 Å². The Hall–Kier alpha value is -1.95. The molecule has 0 radical (unpaired) electrons. The largest absolute Gasteiger partial charge is 0.481 e. The first-order valence-corrected chi connectivity index (χ1v) is 10.4. The number of hydrogen-bond acceptors (Lipinski definition) is 4. The van der Waals surface area contributed by atoms with E-state index in [-0.39, 0.29) is 23.9 Å². The molecular formula is C21H29NO4S. The molecule has 2 rings (SSSR count). The number of amides is 1. The quantitative estimate of drug-likeness (QED) is 0.509. The standard InChI is InChI=1S/C21H29NO4S/c1-21(2,3)26-20(25)22-17(13-9-4-5-10-14-18(23)24)15-27-19(22)16-11-7-6-8-12-16/h6-9,11-13,17,19H,4-5,10,14-15H2,1-3H3,(H,23,24)/b13-9-/t17-,19-/m1/s1. The number of unbranched alkanes of at least 4 members (excludes halogenated alkanes) is 2. The minimum absolute atomic E-state index is 0.0328. The van der Waals surface area contributed by atoms with Gasteiger partial charge in [-0.05, 0) is 45.6 Å². The summed E-state index contributed by atoms with van der Waals surface area (Å²) in [5, 5.41) is 8.62. The second-order valence-corrected chi connectivity index (χ2v) is 8.73. The predicted octanol–water partition coefficient (Wildman–Crippen LogP) is 5.24. The first-order valence-electron chi connectivity index (χ1n) is 9.34. The van der Waals surface area contributed by atoms with Crippen molar-refractivity contribution in [3.63, 3.8) is 0 Å². The van der Waals surface area contributed by atoms with Crippen LogP contribution >= 0.6 is 11.8 Å². The topological polar surface area (TPSA) is 66.8 Å². The zero-order valence-electron chi connectivity index (χ0n) is 16.3. The van der Waals surface area contributed by atoms with E-state index in [1.54, 1.807) is 11.8 Å². The van der Waals surface area contributed by atoms with E-state index in [0.29, 0.717) is 6.42 Å². The number of aliphatic carboxylic acids is 1. The Morgan fingerprint density at radius 2 is 1.96 bits per heavy atom. The van der Waals surface area contributed by atoms with Crippen molar-refractivity contribution in [2.24, 2.45) is 0 Å². The van der Waals surface area contributed by atoms with Gasteiger partial charge in [0.1, 0.15) is 11.0 Å². The second-order valence-electron chi connectivity index (χ2n) is 7.62. The third-order valence-corrected chi connectivity index (χ3v) is 5.44. The Kier molecular flexibility index (Phi) is 7.78. The SMILES string of the molecule is CC(C)(C)OC(=O)N1[C@H](/C=C\CCCCC(=O)O)CS[C@@H]1c1ccccc1. The summed E-state index contributed by atoms with van der Waals surface area (Å²) in [4.78, 5) is 25.2. The minimum Gasteiger partial charge on any atom is -0.481 e. The number of allylic oxidation sites excluding steroid dienone is 1. The molecule has 1 aliphatic rings. The molecule has 1 fully saturated rings. The van der Waals surface area contributed by atoms with Crippen LogP contribution in [0.3, 0.4) is 0 Å². The fourth-order valence-electron chi connectivity index (χ4n) is 2.88. The maximum Gasteiger partial charge on any atom is 0.411 e. The van der Waals surface area contributed by atoms with E-state index in [9.17, 15) is 9.59 Å². The first kappa shape index (κ1) is 21.4. The van der Waals surface area contributed by atoms with Crippen LogP contribution in [0.2, 0.25) is 0 Å². The van der Waals surface area contributed by atoms with E-state index >= 15 is 0 Å². The number of carbonyl (C=O) groups is 2. The Bertz CT molecular complexity index is 654. The molecule has 0 aromatic heterocycles. The number of carboxylic acid groups (broad SMARTS) is 1. The first-order chi connectivity index (χ1) is 12.8. The number of thioether (sulfide) groups is 1. The van der Waals surface area contributed by atoms with Gasteiger partial charge < -0.3 is 9.84 Å². The van der Waals surface area contributed by atoms with E-state index < -0.39 is 11.6 Å². The van der Waals surface area contributed by atoms with Crippen LogP contribution in [0.1, 0.15) is 57.4 Å². The summed E-state index contributed by atoms with van der Waals surface area (Å²) < 4.78 is 5.65. The van der Waals surface area contributed by atoms with Crippen LogP contribution in [-0.4, -0.2) is 39.5 Å². The molecule has 1 saturated heterocycles. The number of benzene rings is 1. The van der Waals surface area contributed by atoms with E-state index in [2.05, 4.69) is 12.2 Å². The minimum atomic E-state index is -0.757. The van der Waals surface area contributed by atoms with Crippen LogP contribution in [0, 0.1) is 0 Å². The van der Waals surface area contributed by atoms with Crippen molar-refractivity contribution in [2.75, 3.05) is 5.75 Å². The summed E-state index contributed by atoms with van der Waals surface area (Å²) in [5.41, 5.74) is 0.544. The summed E-state index contributed by atoms with van der Waals surface area (Å²) >= 11 is 1.73. The number of carbonyl (C=O) groups excluding carboxylic acids is 1. The predicted molar refractivity (Wildman–Crippen MR) is 109 cm³/mol. The fourth-order valence-corrected chi connectivity index (χ4v) is 4.29. The van der Waals surface area contributed by atoms with Crippen molar-refractivity contribution >= 4 is 23.8 Å². The molecule has 27 heavy (non-hydrogen) atoms. The Morgan fingerprint density at radius 3 is 2.59 bits per heavy atom. The lowest BCUT2D eigenvalue weighted by molar-refractivity contribution is -0.137. The van der Waals surface area contributed by atoms with Gasteiger partial charge in [0.15, 0.2) is 0 Å². The Morgan fingerprint density at radius 1 is 1.26 bits per heavy atom. The molecule has 0 spiro atoms. The van der Waals surface area contributed by atoms with Gasteiger partial charge in [-0.1, -0.05) is 42.5 Å². The van der Waals surface area contributed by atoms with Gasteiger partial charge in [0, 0.05) is 12.2 Å². The highest BCUT2D eigenvalue weighted by Gasteiger charge is 2.39. The molecule has 1 heterocycles. The molecule has 5 nitrogen and oxygen atoms in total. The van der Waals surface area contributed by atoms with Gasteiger partial charge in [-0.3, -0.25) is 9.69 Å². The lowest BCUT2D eigenvalue weighted by Gasteiger charge is -2.31. The molecule has 1 aromatic rings. The molecule has 0 saturated carbocycles. The van der Waals surface area contributed by atoms with Crippen molar-refractivity contribution in [3.05, 3.63) is 48.0 Å². The Labute approximate surface area is 165 Å². The monoisotopic (exact) mass is 391 g/mol. The highest BCUT2D eigenvalue weighted by atomic mass is 32.2. The lowest BCUT2D eigenvalue weighted by Crippen LogP contribution is -2.40. The van der Waals surface area contributed by atoms with Crippen LogP contribution < -0.4 is 0 Å². The molecule has 1 amide bonds. The van der Waals surface area contributed by atoms with Gasteiger partial charge in [-0.2, -0.15) is 0 Å². The van der Waals surface area contributed by atoms with Gasteiger partial charge >= 0.3 is 12.1 Å². The molecule has 0 unspecified atom stereocenters. The summed E-state index contributed by atoms with van der Waals surface area (Å²) in [6, 6.07) is 9.97. The average molecular weight is 392 g/mol. The van der Waals surface area contributed by atoms with Gasteiger partial charge in [0.25, 0.3) is 0 Å². The van der Waals surface area contributed by atoms with Crippen LogP contribution in [0.25, 0.3) is 0 Å². The molecule has 1 aromatic carbocycles. The van der Waals surface area contributed by atoms with Gasteiger partial charge in [0.05, 0.1) is 6.04 Å². The van der Waals surface area contributed by atoms with E-state index in [4.69, 9.17) is 9.84 Å².